The average Bonchev–Trinajstić information content (AvgIpc) is 2.37. The fraction of sp³-hybridized carbons (Fsp3) is 0.562. The molecule has 0 aromatic heterocycles. The highest BCUT2D eigenvalue weighted by Crippen LogP contribution is 2.32. The molecular formula is C16H23NO3. The SMILES string of the molecule is COc1ccc(C(=O)O)c(NC2CC(C)CC(C)C2)c1. The maximum atomic E-state index is 11.3. The second kappa shape index (κ2) is 6.16. The molecule has 2 unspecified atom stereocenters. The van der Waals surface area contributed by atoms with Gasteiger partial charge in [-0.05, 0) is 43.2 Å². The molecule has 1 aliphatic carbocycles. The number of aromatic carboxylic acids is 1. The number of hydrogen-bond acceptors (Lipinski definition) is 3. The zero-order valence-electron chi connectivity index (χ0n) is 12.3. The summed E-state index contributed by atoms with van der Waals surface area (Å²) in [7, 11) is 1.59. The first-order valence-corrected chi connectivity index (χ1v) is 7.17. The Hall–Kier alpha value is -1.71. The van der Waals surface area contributed by atoms with E-state index in [9.17, 15) is 9.90 Å². The summed E-state index contributed by atoms with van der Waals surface area (Å²) < 4.78 is 5.19. The Kier molecular flexibility index (Phi) is 4.53. The van der Waals surface area contributed by atoms with Crippen LogP contribution in [0.3, 0.4) is 0 Å². The lowest BCUT2D eigenvalue weighted by molar-refractivity contribution is 0.0698. The lowest BCUT2D eigenvalue weighted by Gasteiger charge is -2.33. The predicted octanol–water partition coefficient (Wildman–Crippen LogP) is 3.63. The normalized spacial score (nSPS) is 26.1. The first-order chi connectivity index (χ1) is 9.49. The van der Waals surface area contributed by atoms with Gasteiger partial charge in [0.2, 0.25) is 0 Å². The number of ether oxygens (including phenoxy) is 1. The average molecular weight is 277 g/mol. The number of carboxylic acid groups (broad SMARTS) is 1. The highest BCUT2D eigenvalue weighted by atomic mass is 16.5. The van der Waals surface area contributed by atoms with E-state index in [1.165, 1.54) is 6.42 Å². The minimum absolute atomic E-state index is 0.302. The van der Waals surface area contributed by atoms with E-state index in [0.29, 0.717) is 34.9 Å². The summed E-state index contributed by atoms with van der Waals surface area (Å²) in [6.07, 6.45) is 3.42. The van der Waals surface area contributed by atoms with Crippen molar-refractivity contribution in [2.24, 2.45) is 11.8 Å². The van der Waals surface area contributed by atoms with Crippen LogP contribution in [0.2, 0.25) is 0 Å². The van der Waals surface area contributed by atoms with Gasteiger partial charge in [0.15, 0.2) is 0 Å². The van der Waals surface area contributed by atoms with E-state index in [2.05, 4.69) is 19.2 Å². The van der Waals surface area contributed by atoms with Gasteiger partial charge in [-0.2, -0.15) is 0 Å². The van der Waals surface area contributed by atoms with Crippen molar-refractivity contribution in [3.8, 4) is 5.75 Å². The summed E-state index contributed by atoms with van der Waals surface area (Å²) in [5, 5.41) is 12.7. The first kappa shape index (κ1) is 14.7. The molecule has 0 amide bonds. The van der Waals surface area contributed by atoms with E-state index < -0.39 is 5.97 Å². The molecule has 0 spiro atoms. The number of nitrogens with one attached hydrogen (secondary N) is 1. The van der Waals surface area contributed by atoms with Crippen LogP contribution in [-0.4, -0.2) is 24.2 Å². The second-order valence-corrected chi connectivity index (χ2v) is 5.98. The maximum absolute atomic E-state index is 11.3. The van der Waals surface area contributed by atoms with E-state index in [4.69, 9.17) is 4.74 Å². The molecule has 2 N–H and O–H groups in total. The van der Waals surface area contributed by atoms with Crippen molar-refractivity contribution >= 4 is 11.7 Å². The summed E-state index contributed by atoms with van der Waals surface area (Å²) in [6, 6.07) is 5.38. The van der Waals surface area contributed by atoms with Crippen LogP contribution in [0.4, 0.5) is 5.69 Å². The Bertz CT molecular complexity index is 477. The van der Waals surface area contributed by atoms with E-state index in [1.807, 2.05) is 0 Å². The zero-order valence-corrected chi connectivity index (χ0v) is 12.3. The molecule has 0 saturated heterocycles. The van der Waals surface area contributed by atoms with Crippen LogP contribution in [0, 0.1) is 11.8 Å². The van der Waals surface area contributed by atoms with Crippen molar-refractivity contribution in [3.63, 3.8) is 0 Å². The number of hydrogen-bond donors (Lipinski definition) is 2. The number of anilines is 1. The van der Waals surface area contributed by atoms with Gasteiger partial charge >= 0.3 is 5.97 Å². The number of carbonyl (C=O) groups is 1. The smallest absolute Gasteiger partial charge is 0.337 e. The van der Waals surface area contributed by atoms with Gasteiger partial charge in [-0.3, -0.25) is 0 Å². The Labute approximate surface area is 120 Å². The molecule has 2 atom stereocenters. The van der Waals surface area contributed by atoms with Gasteiger partial charge < -0.3 is 15.2 Å². The first-order valence-electron chi connectivity index (χ1n) is 7.17. The van der Waals surface area contributed by atoms with Crippen molar-refractivity contribution in [2.45, 2.75) is 39.2 Å². The molecule has 1 aromatic carbocycles. The van der Waals surface area contributed by atoms with E-state index in [-0.39, 0.29) is 0 Å². The number of carboxylic acids is 1. The quantitative estimate of drug-likeness (QED) is 0.882. The van der Waals surface area contributed by atoms with Crippen molar-refractivity contribution in [1.29, 1.82) is 0 Å². The molecule has 1 aromatic rings. The van der Waals surface area contributed by atoms with Crippen molar-refractivity contribution in [1.82, 2.24) is 0 Å². The van der Waals surface area contributed by atoms with Crippen LogP contribution in [0.25, 0.3) is 0 Å². The van der Waals surface area contributed by atoms with Crippen molar-refractivity contribution < 1.29 is 14.6 Å². The third-order valence-electron chi connectivity index (χ3n) is 4.00. The van der Waals surface area contributed by atoms with Crippen LogP contribution in [0.1, 0.15) is 43.5 Å². The molecule has 2 rings (SSSR count). The fourth-order valence-corrected chi connectivity index (χ4v) is 3.24. The Morgan fingerprint density at radius 2 is 1.90 bits per heavy atom. The second-order valence-electron chi connectivity index (χ2n) is 5.98. The number of benzene rings is 1. The molecule has 1 saturated carbocycles. The third-order valence-corrected chi connectivity index (χ3v) is 4.00. The van der Waals surface area contributed by atoms with Crippen molar-refractivity contribution in [3.05, 3.63) is 23.8 Å². The van der Waals surface area contributed by atoms with E-state index in [1.54, 1.807) is 25.3 Å². The van der Waals surface area contributed by atoms with Crippen LogP contribution >= 0.6 is 0 Å². The van der Waals surface area contributed by atoms with Gasteiger partial charge in [-0.25, -0.2) is 4.79 Å². The summed E-state index contributed by atoms with van der Waals surface area (Å²) >= 11 is 0. The Morgan fingerprint density at radius 1 is 1.25 bits per heavy atom. The standard InChI is InChI=1S/C16H23NO3/c1-10-6-11(2)8-12(7-10)17-15-9-13(20-3)4-5-14(15)16(18)19/h4-5,9-12,17H,6-8H2,1-3H3,(H,18,19). The highest BCUT2D eigenvalue weighted by molar-refractivity contribution is 5.94. The van der Waals surface area contributed by atoms with Crippen LogP contribution in [0.5, 0.6) is 5.75 Å². The number of methoxy groups -OCH3 is 1. The van der Waals surface area contributed by atoms with Gasteiger partial charge in [0.05, 0.1) is 18.4 Å². The zero-order chi connectivity index (χ0) is 14.7. The molecule has 20 heavy (non-hydrogen) atoms. The van der Waals surface area contributed by atoms with Gasteiger partial charge in [0.1, 0.15) is 5.75 Å². The van der Waals surface area contributed by atoms with Gasteiger partial charge in [0.25, 0.3) is 0 Å². The molecule has 110 valence electrons. The molecule has 4 nitrogen and oxygen atoms in total. The van der Waals surface area contributed by atoms with E-state index >= 15 is 0 Å². The minimum Gasteiger partial charge on any atom is -0.497 e. The number of rotatable bonds is 4. The van der Waals surface area contributed by atoms with Gasteiger partial charge in [0, 0.05) is 12.1 Å². The van der Waals surface area contributed by atoms with E-state index in [0.717, 1.165) is 12.8 Å². The molecule has 0 heterocycles. The lowest BCUT2D eigenvalue weighted by Crippen LogP contribution is -2.30. The molecule has 0 aliphatic heterocycles. The molecule has 0 bridgehead atoms. The third kappa shape index (κ3) is 3.44. The summed E-state index contributed by atoms with van der Waals surface area (Å²) in [5.74, 6) is 1.12. The maximum Gasteiger partial charge on any atom is 0.337 e. The molecular weight excluding hydrogens is 254 g/mol. The minimum atomic E-state index is -0.910. The van der Waals surface area contributed by atoms with Crippen molar-refractivity contribution in [2.75, 3.05) is 12.4 Å². The topological polar surface area (TPSA) is 58.6 Å². The van der Waals surface area contributed by atoms with Gasteiger partial charge in [-0.15, -0.1) is 0 Å². The predicted molar refractivity (Wildman–Crippen MR) is 79.5 cm³/mol. The molecule has 1 aliphatic rings. The molecule has 1 fully saturated rings. The van der Waals surface area contributed by atoms with Crippen LogP contribution in [-0.2, 0) is 0 Å². The molecule has 0 radical (unpaired) electrons. The Morgan fingerprint density at radius 3 is 2.45 bits per heavy atom. The molecule has 4 heteroatoms. The summed E-state index contributed by atoms with van der Waals surface area (Å²) in [5.41, 5.74) is 0.958. The largest absolute Gasteiger partial charge is 0.497 e. The highest BCUT2D eigenvalue weighted by Gasteiger charge is 2.25. The Balaban J connectivity index is 2.20. The monoisotopic (exact) mass is 277 g/mol. The fourth-order valence-electron chi connectivity index (χ4n) is 3.24. The lowest BCUT2D eigenvalue weighted by atomic mass is 9.80. The summed E-state index contributed by atoms with van der Waals surface area (Å²) in [6.45, 7) is 4.52. The summed E-state index contributed by atoms with van der Waals surface area (Å²) in [4.78, 5) is 11.3. The van der Waals surface area contributed by atoms with Crippen LogP contribution in [0.15, 0.2) is 18.2 Å². The van der Waals surface area contributed by atoms with Crippen LogP contribution < -0.4 is 10.1 Å². The van der Waals surface area contributed by atoms with Gasteiger partial charge in [-0.1, -0.05) is 13.8 Å².